The molecule has 7 nitrogen and oxygen atoms in total. The number of esters is 1. The molecule has 0 saturated carbocycles. The lowest BCUT2D eigenvalue weighted by Crippen LogP contribution is -2.45. The van der Waals surface area contributed by atoms with E-state index >= 15 is 0 Å². The first-order valence-electron chi connectivity index (χ1n) is 6.46. The minimum absolute atomic E-state index is 0.333. The molecule has 1 saturated heterocycles. The second kappa shape index (κ2) is 5.53. The Morgan fingerprint density at radius 2 is 2.05 bits per heavy atom. The lowest BCUT2D eigenvalue weighted by molar-refractivity contribution is -0.131. The zero-order valence-electron chi connectivity index (χ0n) is 11.9. The van der Waals surface area contributed by atoms with Gasteiger partial charge >= 0.3 is 12.0 Å². The molecule has 3 amide bonds. The summed E-state index contributed by atoms with van der Waals surface area (Å²) in [6.45, 7) is 1.61. The van der Waals surface area contributed by atoms with E-state index in [0.29, 0.717) is 23.4 Å². The molecule has 0 radical (unpaired) electrons. The van der Waals surface area contributed by atoms with Gasteiger partial charge in [-0.15, -0.1) is 0 Å². The molecule has 0 spiro atoms. The Labute approximate surface area is 122 Å². The summed E-state index contributed by atoms with van der Waals surface area (Å²) in [5, 5.41) is 3.13. The molecule has 1 aliphatic rings. The number of nitrogens with zero attached hydrogens (tertiary/aromatic N) is 1. The van der Waals surface area contributed by atoms with Gasteiger partial charge < -0.3 is 10.1 Å². The molecule has 1 aliphatic heterocycles. The summed E-state index contributed by atoms with van der Waals surface area (Å²) in [6, 6.07) is 6.37. The molecule has 1 atom stereocenters. The van der Waals surface area contributed by atoms with Crippen LogP contribution in [0.1, 0.15) is 29.3 Å². The first kappa shape index (κ1) is 15.0. The van der Waals surface area contributed by atoms with E-state index in [1.807, 2.05) is 0 Å². The van der Waals surface area contributed by atoms with E-state index < -0.39 is 23.4 Å². The van der Waals surface area contributed by atoms with Crippen molar-refractivity contribution < 1.29 is 19.1 Å². The van der Waals surface area contributed by atoms with Crippen molar-refractivity contribution in [2.45, 2.75) is 25.3 Å². The van der Waals surface area contributed by atoms with Crippen LogP contribution < -0.4 is 11.2 Å². The molecule has 3 N–H and O–H groups in total. The van der Waals surface area contributed by atoms with E-state index in [2.05, 4.69) is 5.32 Å². The number of carbonyl (C=O) groups is 3. The molecule has 1 fully saturated rings. The molecule has 1 unspecified atom stereocenters. The fraction of sp³-hybridized carbons (Fsp3) is 0.357. The number of hydrazine groups is 1. The molecule has 1 aromatic carbocycles. The quantitative estimate of drug-likeness (QED) is 0.366. The van der Waals surface area contributed by atoms with Gasteiger partial charge in [-0.3, -0.25) is 4.79 Å². The Morgan fingerprint density at radius 1 is 1.38 bits per heavy atom. The maximum Gasteiger partial charge on any atom is 0.339 e. The molecule has 21 heavy (non-hydrogen) atoms. The fourth-order valence-electron chi connectivity index (χ4n) is 2.31. The molecule has 0 bridgehead atoms. The van der Waals surface area contributed by atoms with Gasteiger partial charge in [0.25, 0.3) is 5.91 Å². The van der Waals surface area contributed by atoms with Gasteiger partial charge in [0.15, 0.2) is 0 Å². The predicted octanol–water partition coefficient (Wildman–Crippen LogP) is 0.590. The smallest absolute Gasteiger partial charge is 0.339 e. The minimum Gasteiger partial charge on any atom is -0.465 e. The van der Waals surface area contributed by atoms with Crippen molar-refractivity contribution in [3.8, 4) is 0 Å². The molecular weight excluding hydrogens is 274 g/mol. The number of methoxy groups -OCH3 is 1. The van der Waals surface area contributed by atoms with Crippen LogP contribution in [-0.2, 0) is 16.0 Å². The fourth-order valence-corrected chi connectivity index (χ4v) is 2.31. The van der Waals surface area contributed by atoms with Crippen LogP contribution in [0.2, 0.25) is 0 Å². The number of hydrogen-bond acceptors (Lipinski definition) is 5. The summed E-state index contributed by atoms with van der Waals surface area (Å²) in [7, 11) is 1.31. The minimum atomic E-state index is -1.06. The summed E-state index contributed by atoms with van der Waals surface area (Å²) in [5.41, 5.74) is 0.141. The van der Waals surface area contributed by atoms with Crippen LogP contribution in [0.5, 0.6) is 0 Å². The molecule has 7 heteroatoms. The van der Waals surface area contributed by atoms with Gasteiger partial charge in [0.05, 0.1) is 12.7 Å². The van der Waals surface area contributed by atoms with Crippen LogP contribution in [-0.4, -0.2) is 35.6 Å². The number of rotatable bonds is 4. The summed E-state index contributed by atoms with van der Waals surface area (Å²) >= 11 is 0. The van der Waals surface area contributed by atoms with E-state index in [1.165, 1.54) is 7.11 Å². The largest absolute Gasteiger partial charge is 0.465 e. The van der Waals surface area contributed by atoms with Gasteiger partial charge in [0.2, 0.25) is 0 Å². The van der Waals surface area contributed by atoms with Crippen molar-refractivity contribution >= 4 is 17.9 Å². The lowest BCUT2D eigenvalue weighted by Gasteiger charge is -2.21. The van der Waals surface area contributed by atoms with Gasteiger partial charge in [-0.25, -0.2) is 15.4 Å². The SMILES string of the molecule is COC(=O)c1ccccc1CCC1(C)NC(=O)N(N)C1=O. The van der Waals surface area contributed by atoms with E-state index in [9.17, 15) is 14.4 Å². The number of nitrogens with two attached hydrogens (primary N) is 1. The van der Waals surface area contributed by atoms with Crippen LogP contribution in [0, 0.1) is 0 Å². The van der Waals surface area contributed by atoms with Crippen molar-refractivity contribution in [2.75, 3.05) is 7.11 Å². The molecule has 1 heterocycles. The average molecular weight is 291 g/mol. The van der Waals surface area contributed by atoms with Gasteiger partial charge in [-0.2, -0.15) is 5.01 Å². The average Bonchev–Trinajstić information content (AvgIpc) is 2.68. The molecule has 2 rings (SSSR count). The third-order valence-corrected chi connectivity index (χ3v) is 3.61. The number of amides is 3. The first-order valence-corrected chi connectivity index (χ1v) is 6.46. The number of carbonyl (C=O) groups excluding carboxylic acids is 3. The van der Waals surface area contributed by atoms with E-state index in [1.54, 1.807) is 31.2 Å². The predicted molar refractivity (Wildman–Crippen MR) is 74.1 cm³/mol. The molecular formula is C14H17N3O4. The molecule has 1 aromatic rings. The number of imide groups is 1. The summed E-state index contributed by atoms with van der Waals surface area (Å²) < 4.78 is 4.73. The third kappa shape index (κ3) is 2.73. The first-order chi connectivity index (χ1) is 9.89. The van der Waals surface area contributed by atoms with Crippen molar-refractivity contribution in [3.63, 3.8) is 0 Å². The zero-order valence-corrected chi connectivity index (χ0v) is 11.9. The van der Waals surface area contributed by atoms with E-state index in [4.69, 9.17) is 10.6 Å². The highest BCUT2D eigenvalue weighted by Crippen LogP contribution is 2.22. The van der Waals surface area contributed by atoms with Crippen LogP contribution in [0.25, 0.3) is 0 Å². The molecule has 112 valence electrons. The van der Waals surface area contributed by atoms with Crippen molar-refractivity contribution in [3.05, 3.63) is 35.4 Å². The van der Waals surface area contributed by atoms with Crippen LogP contribution in [0.4, 0.5) is 4.79 Å². The highest BCUT2D eigenvalue weighted by atomic mass is 16.5. The van der Waals surface area contributed by atoms with Gasteiger partial charge in [0.1, 0.15) is 5.54 Å². The number of nitrogens with one attached hydrogen (secondary N) is 1. The number of hydrogen-bond donors (Lipinski definition) is 2. The topological polar surface area (TPSA) is 102 Å². The van der Waals surface area contributed by atoms with Crippen molar-refractivity contribution in [1.29, 1.82) is 0 Å². The highest BCUT2D eigenvalue weighted by molar-refractivity contribution is 6.06. The Hall–Kier alpha value is -2.41. The molecule has 0 aromatic heterocycles. The van der Waals surface area contributed by atoms with Gasteiger partial charge in [-0.1, -0.05) is 18.2 Å². The monoisotopic (exact) mass is 291 g/mol. The normalized spacial score (nSPS) is 21.4. The van der Waals surface area contributed by atoms with Crippen LogP contribution in [0.3, 0.4) is 0 Å². The van der Waals surface area contributed by atoms with Crippen LogP contribution >= 0.6 is 0 Å². The third-order valence-electron chi connectivity index (χ3n) is 3.61. The summed E-state index contributed by atoms with van der Waals surface area (Å²) in [5.74, 6) is 4.45. The number of urea groups is 1. The van der Waals surface area contributed by atoms with E-state index in [0.717, 1.165) is 5.56 Å². The maximum absolute atomic E-state index is 12.0. The highest BCUT2D eigenvalue weighted by Gasteiger charge is 2.46. The summed E-state index contributed by atoms with van der Waals surface area (Å²) in [4.78, 5) is 35.1. The van der Waals surface area contributed by atoms with Crippen molar-refractivity contribution in [2.24, 2.45) is 5.84 Å². The standard InChI is InChI=1S/C14H17N3O4/c1-14(12(19)17(15)13(20)16-14)8-7-9-5-3-4-6-10(9)11(18)21-2/h3-6H,7-8,15H2,1-2H3,(H,16,20). The van der Waals surface area contributed by atoms with Crippen molar-refractivity contribution in [1.82, 2.24) is 10.3 Å². The second-order valence-electron chi connectivity index (χ2n) is 5.09. The Morgan fingerprint density at radius 3 is 2.62 bits per heavy atom. The van der Waals surface area contributed by atoms with Gasteiger partial charge in [0, 0.05) is 0 Å². The Bertz CT molecular complexity index is 602. The maximum atomic E-state index is 12.0. The van der Waals surface area contributed by atoms with Gasteiger partial charge in [-0.05, 0) is 31.4 Å². The molecule has 0 aliphatic carbocycles. The lowest BCUT2D eigenvalue weighted by atomic mass is 9.91. The van der Waals surface area contributed by atoms with E-state index in [-0.39, 0.29) is 0 Å². The Balaban J connectivity index is 2.16. The number of benzene rings is 1. The number of aryl methyl sites for hydroxylation is 1. The summed E-state index contributed by atoms with van der Waals surface area (Å²) in [6.07, 6.45) is 0.765. The number of ether oxygens (including phenoxy) is 1. The zero-order chi connectivity index (χ0) is 15.6. The Kier molecular flexibility index (Phi) is 3.95. The van der Waals surface area contributed by atoms with Crippen LogP contribution in [0.15, 0.2) is 24.3 Å². The second-order valence-corrected chi connectivity index (χ2v) is 5.09.